The molecule has 1 aromatic heterocycles. The van der Waals surface area contributed by atoms with Crippen molar-refractivity contribution in [2.24, 2.45) is 0 Å². The topological polar surface area (TPSA) is 73.1 Å². The predicted molar refractivity (Wildman–Crippen MR) is 72.5 cm³/mol. The van der Waals surface area contributed by atoms with Gasteiger partial charge in [0.2, 0.25) is 5.75 Å². The largest absolute Gasteiger partial charge is 0.490 e. The summed E-state index contributed by atoms with van der Waals surface area (Å²) in [7, 11) is 1.51. The zero-order valence-corrected chi connectivity index (χ0v) is 10.8. The molecule has 0 aliphatic heterocycles. The molecule has 0 amide bonds. The molecule has 0 radical (unpaired) electrons. The Kier molecular flexibility index (Phi) is 3.53. The number of anilines is 3. The number of nitrogens with two attached hydrogens (primary N) is 1. The van der Waals surface area contributed by atoms with Gasteiger partial charge < -0.3 is 15.8 Å². The van der Waals surface area contributed by atoms with Crippen LogP contribution in [-0.2, 0) is 0 Å². The molecule has 94 valence electrons. The Hall–Kier alpha value is -2.01. The predicted octanol–water partition coefficient (Wildman–Crippen LogP) is 2.77. The smallest absolute Gasteiger partial charge is 0.204 e. The van der Waals surface area contributed by atoms with Gasteiger partial charge in [0, 0.05) is 0 Å². The number of benzene rings is 1. The highest BCUT2D eigenvalue weighted by molar-refractivity contribution is 6.33. The maximum atomic E-state index is 6.14. The quantitative estimate of drug-likeness (QED) is 0.892. The molecular weight excluding hydrogens is 252 g/mol. The van der Waals surface area contributed by atoms with Crippen LogP contribution < -0.4 is 15.8 Å². The number of hydrogen-bond donors (Lipinski definition) is 2. The summed E-state index contributed by atoms with van der Waals surface area (Å²) >= 11 is 6.14. The van der Waals surface area contributed by atoms with Crippen molar-refractivity contribution in [1.29, 1.82) is 0 Å². The van der Waals surface area contributed by atoms with Gasteiger partial charge in [0.05, 0.1) is 17.8 Å². The third kappa shape index (κ3) is 2.31. The van der Waals surface area contributed by atoms with Crippen molar-refractivity contribution in [1.82, 2.24) is 9.97 Å². The zero-order chi connectivity index (χ0) is 13.1. The number of hydrogen-bond acceptors (Lipinski definition) is 5. The maximum Gasteiger partial charge on any atom is 0.204 e. The lowest BCUT2D eigenvalue weighted by molar-refractivity contribution is 0.415. The SMILES string of the molecule is COc1c(N)ncnc1Nc1c(C)cccc1Cl. The number of ether oxygens (including phenoxy) is 1. The van der Waals surface area contributed by atoms with E-state index in [0.29, 0.717) is 16.6 Å². The summed E-state index contributed by atoms with van der Waals surface area (Å²) in [5.41, 5.74) is 7.49. The Morgan fingerprint density at radius 2 is 2.11 bits per heavy atom. The van der Waals surface area contributed by atoms with Gasteiger partial charge in [-0.05, 0) is 18.6 Å². The lowest BCUT2D eigenvalue weighted by Gasteiger charge is -2.13. The van der Waals surface area contributed by atoms with E-state index in [9.17, 15) is 0 Å². The molecule has 5 nitrogen and oxygen atoms in total. The summed E-state index contributed by atoms with van der Waals surface area (Å²) in [5.74, 6) is 1.16. The van der Waals surface area contributed by atoms with E-state index < -0.39 is 0 Å². The van der Waals surface area contributed by atoms with Gasteiger partial charge in [0.1, 0.15) is 6.33 Å². The highest BCUT2D eigenvalue weighted by atomic mass is 35.5. The summed E-state index contributed by atoms with van der Waals surface area (Å²) in [5, 5.41) is 3.72. The average molecular weight is 265 g/mol. The van der Waals surface area contributed by atoms with Gasteiger partial charge in [0.25, 0.3) is 0 Å². The first kappa shape index (κ1) is 12.4. The molecular formula is C12H13ClN4O. The summed E-state index contributed by atoms with van der Waals surface area (Å²) in [6, 6.07) is 5.63. The van der Waals surface area contributed by atoms with Gasteiger partial charge in [-0.1, -0.05) is 23.7 Å². The van der Waals surface area contributed by atoms with E-state index in [-0.39, 0.29) is 5.82 Å². The second-order valence-electron chi connectivity index (χ2n) is 3.70. The number of methoxy groups -OCH3 is 1. The fourth-order valence-corrected chi connectivity index (χ4v) is 1.86. The van der Waals surface area contributed by atoms with Crippen molar-refractivity contribution in [3.63, 3.8) is 0 Å². The van der Waals surface area contributed by atoms with Gasteiger partial charge in [0.15, 0.2) is 11.6 Å². The minimum absolute atomic E-state index is 0.278. The van der Waals surface area contributed by atoms with Crippen LogP contribution in [0.2, 0.25) is 5.02 Å². The van der Waals surface area contributed by atoms with Crippen LogP contribution in [0.4, 0.5) is 17.3 Å². The van der Waals surface area contributed by atoms with Crippen molar-refractivity contribution < 1.29 is 4.74 Å². The molecule has 18 heavy (non-hydrogen) atoms. The number of para-hydroxylation sites is 1. The molecule has 0 spiro atoms. The van der Waals surface area contributed by atoms with E-state index in [0.717, 1.165) is 11.3 Å². The second kappa shape index (κ2) is 5.10. The normalized spacial score (nSPS) is 10.2. The number of nitrogens with zero attached hydrogens (tertiary/aromatic N) is 2. The standard InChI is InChI=1S/C12H13ClN4O/c1-7-4-3-5-8(13)9(7)17-12-10(18-2)11(14)15-6-16-12/h3-6H,1-2H3,(H3,14,15,16,17). The first-order valence-corrected chi connectivity index (χ1v) is 5.68. The fourth-order valence-electron chi connectivity index (χ4n) is 1.59. The second-order valence-corrected chi connectivity index (χ2v) is 4.10. The van der Waals surface area contributed by atoms with E-state index in [2.05, 4.69) is 15.3 Å². The van der Waals surface area contributed by atoms with Crippen LogP contribution in [0.1, 0.15) is 5.56 Å². The van der Waals surface area contributed by atoms with Crippen LogP contribution in [0.25, 0.3) is 0 Å². The molecule has 1 heterocycles. The van der Waals surface area contributed by atoms with Crippen molar-refractivity contribution in [3.05, 3.63) is 35.1 Å². The molecule has 0 bridgehead atoms. The number of rotatable bonds is 3. The van der Waals surface area contributed by atoms with Gasteiger partial charge >= 0.3 is 0 Å². The van der Waals surface area contributed by atoms with Gasteiger partial charge in [-0.25, -0.2) is 9.97 Å². The maximum absolute atomic E-state index is 6.14. The molecule has 0 atom stereocenters. The van der Waals surface area contributed by atoms with Crippen LogP contribution in [0.3, 0.4) is 0 Å². The van der Waals surface area contributed by atoms with Crippen molar-refractivity contribution in [2.45, 2.75) is 6.92 Å². The minimum Gasteiger partial charge on any atom is -0.490 e. The van der Waals surface area contributed by atoms with Gasteiger partial charge in [-0.2, -0.15) is 0 Å². The Balaban J connectivity index is 2.43. The van der Waals surface area contributed by atoms with Crippen LogP contribution in [0, 0.1) is 6.92 Å². The van der Waals surface area contributed by atoms with Crippen molar-refractivity contribution in [2.75, 3.05) is 18.2 Å². The Morgan fingerprint density at radius 1 is 1.33 bits per heavy atom. The van der Waals surface area contributed by atoms with Crippen molar-refractivity contribution in [3.8, 4) is 5.75 Å². The molecule has 0 aliphatic carbocycles. The highest BCUT2D eigenvalue weighted by Crippen LogP contribution is 2.33. The molecule has 2 rings (SSSR count). The monoisotopic (exact) mass is 264 g/mol. The summed E-state index contributed by atoms with van der Waals surface area (Å²) < 4.78 is 5.17. The van der Waals surface area contributed by atoms with Crippen LogP contribution in [0.15, 0.2) is 24.5 Å². The zero-order valence-electron chi connectivity index (χ0n) is 10.1. The molecule has 1 aromatic carbocycles. The molecule has 2 aromatic rings. The first-order valence-electron chi connectivity index (χ1n) is 5.30. The third-order valence-electron chi connectivity index (χ3n) is 2.50. The summed E-state index contributed by atoms with van der Waals surface area (Å²) in [4.78, 5) is 7.97. The molecule has 0 saturated carbocycles. The highest BCUT2D eigenvalue weighted by Gasteiger charge is 2.12. The fraction of sp³-hybridized carbons (Fsp3) is 0.167. The van der Waals surface area contributed by atoms with E-state index in [4.69, 9.17) is 22.1 Å². The lowest BCUT2D eigenvalue weighted by Crippen LogP contribution is -2.03. The molecule has 0 fully saturated rings. The van der Waals surface area contributed by atoms with Gasteiger partial charge in [-0.3, -0.25) is 0 Å². The summed E-state index contributed by atoms with van der Waals surface area (Å²) in [6.07, 6.45) is 1.37. The number of nitrogens with one attached hydrogen (secondary N) is 1. The number of halogens is 1. The molecule has 0 unspecified atom stereocenters. The van der Waals surface area contributed by atoms with E-state index >= 15 is 0 Å². The van der Waals surface area contributed by atoms with Crippen molar-refractivity contribution >= 4 is 28.9 Å². The summed E-state index contributed by atoms with van der Waals surface area (Å²) in [6.45, 7) is 1.95. The first-order chi connectivity index (χ1) is 8.63. The number of nitrogen functional groups attached to an aromatic ring is 1. The van der Waals surface area contributed by atoms with E-state index in [1.165, 1.54) is 13.4 Å². The number of aromatic nitrogens is 2. The van der Waals surface area contributed by atoms with Crippen LogP contribution in [0.5, 0.6) is 5.75 Å². The van der Waals surface area contributed by atoms with Gasteiger partial charge in [-0.15, -0.1) is 0 Å². The molecule has 3 N–H and O–H groups in total. The Morgan fingerprint density at radius 3 is 2.78 bits per heavy atom. The Bertz CT molecular complexity index is 554. The average Bonchev–Trinajstić information content (AvgIpc) is 2.34. The number of aryl methyl sites for hydroxylation is 1. The third-order valence-corrected chi connectivity index (χ3v) is 2.82. The minimum atomic E-state index is 0.278. The van der Waals surface area contributed by atoms with E-state index in [1.807, 2.05) is 19.1 Å². The molecule has 6 heteroatoms. The van der Waals surface area contributed by atoms with Crippen LogP contribution in [-0.4, -0.2) is 17.1 Å². The van der Waals surface area contributed by atoms with E-state index in [1.54, 1.807) is 6.07 Å². The molecule has 0 saturated heterocycles. The Labute approximate surface area is 110 Å². The lowest BCUT2D eigenvalue weighted by atomic mass is 10.2. The van der Waals surface area contributed by atoms with Crippen LogP contribution >= 0.6 is 11.6 Å². The molecule has 0 aliphatic rings.